The van der Waals surface area contributed by atoms with E-state index in [-0.39, 0.29) is 16.9 Å². The molecule has 1 unspecified atom stereocenters. The zero-order valence-electron chi connectivity index (χ0n) is 18.6. The summed E-state index contributed by atoms with van der Waals surface area (Å²) in [6.45, 7) is 11.1. The van der Waals surface area contributed by atoms with Crippen LogP contribution in [0.5, 0.6) is 0 Å². The molecule has 1 atom stereocenters. The van der Waals surface area contributed by atoms with E-state index in [1.54, 1.807) is 19.9 Å². The number of nitrogens with zero attached hydrogens (tertiary/aromatic N) is 3. The van der Waals surface area contributed by atoms with Gasteiger partial charge in [-0.3, -0.25) is 15.0 Å². The van der Waals surface area contributed by atoms with Crippen molar-refractivity contribution in [1.29, 1.82) is 0 Å². The van der Waals surface area contributed by atoms with Gasteiger partial charge < -0.3 is 10.0 Å². The molecular weight excluding hydrogens is 402 g/mol. The fourth-order valence-corrected chi connectivity index (χ4v) is 3.43. The number of hydrogen-bond donors (Lipinski definition) is 3. The van der Waals surface area contributed by atoms with Crippen molar-refractivity contribution in [3.05, 3.63) is 52.9 Å². The number of rotatable bonds is 5. The Bertz CT molecular complexity index is 958. The fourth-order valence-electron chi connectivity index (χ4n) is 3.43. The average Bonchev–Trinajstić information content (AvgIpc) is 2.65. The van der Waals surface area contributed by atoms with Gasteiger partial charge in [0.15, 0.2) is 0 Å². The maximum Gasteiger partial charge on any atom is 0.488 e. The molecule has 0 aliphatic rings. The molecule has 0 fully saturated rings. The van der Waals surface area contributed by atoms with Crippen molar-refractivity contribution in [2.45, 2.75) is 54.0 Å². The number of nitrogens with one attached hydrogen (secondary N) is 1. The molecule has 0 radical (unpaired) electrons. The van der Waals surface area contributed by atoms with Gasteiger partial charge in [-0.25, -0.2) is 19.4 Å². The molecule has 2 aromatic rings. The molecule has 0 spiro atoms. The predicted octanol–water partition coefficient (Wildman–Crippen LogP) is 1.52. The van der Waals surface area contributed by atoms with Gasteiger partial charge in [0.1, 0.15) is 5.82 Å². The zero-order valence-corrected chi connectivity index (χ0v) is 18.6. The van der Waals surface area contributed by atoms with Gasteiger partial charge in [0.25, 0.3) is 5.91 Å². The summed E-state index contributed by atoms with van der Waals surface area (Å²) in [6.07, 6.45) is 0.512. The standard InChI is InChI=1S/C21H28BFN4O4/c1-7-17(21(4,5)6)27(20(29)18-24-12(2)10-13(3)25-18)26-19(28)15-9-8-14(22(30)31)11-16(15)23/h8-11,17,30-31H,7H2,1-6H3,(H,26,28). The molecule has 2 amide bonds. The lowest BCUT2D eigenvalue weighted by Crippen LogP contribution is -2.56. The van der Waals surface area contributed by atoms with Crippen molar-refractivity contribution in [3.63, 3.8) is 0 Å². The second kappa shape index (κ2) is 9.53. The second-order valence-corrected chi connectivity index (χ2v) is 8.49. The molecular formula is C21H28BFN4O4. The lowest BCUT2D eigenvalue weighted by Gasteiger charge is -2.39. The Kier molecular flexibility index (Phi) is 7.51. The van der Waals surface area contributed by atoms with E-state index >= 15 is 0 Å². The van der Waals surface area contributed by atoms with Gasteiger partial charge in [-0.1, -0.05) is 33.8 Å². The number of hydrazine groups is 1. The van der Waals surface area contributed by atoms with Crippen molar-refractivity contribution in [2.24, 2.45) is 5.41 Å². The topological polar surface area (TPSA) is 116 Å². The normalized spacial score (nSPS) is 12.3. The highest BCUT2D eigenvalue weighted by atomic mass is 19.1. The van der Waals surface area contributed by atoms with Crippen molar-refractivity contribution in [2.75, 3.05) is 0 Å². The van der Waals surface area contributed by atoms with Crippen LogP contribution in [0.1, 0.15) is 66.5 Å². The minimum Gasteiger partial charge on any atom is -0.423 e. The first-order valence-corrected chi connectivity index (χ1v) is 9.97. The van der Waals surface area contributed by atoms with Crippen molar-refractivity contribution in [1.82, 2.24) is 20.4 Å². The maximum atomic E-state index is 14.4. The molecule has 0 saturated heterocycles. The quantitative estimate of drug-likeness (QED) is 0.490. The number of halogens is 1. The Labute approximate surface area is 181 Å². The van der Waals surface area contributed by atoms with Gasteiger partial charge in [0, 0.05) is 11.4 Å². The van der Waals surface area contributed by atoms with Crippen LogP contribution in [0.25, 0.3) is 0 Å². The Morgan fingerprint density at radius 2 is 1.74 bits per heavy atom. The number of benzene rings is 1. The summed E-state index contributed by atoms with van der Waals surface area (Å²) in [5.74, 6) is -2.47. The van der Waals surface area contributed by atoms with Crippen LogP contribution in [0, 0.1) is 25.1 Å². The average molecular weight is 430 g/mol. The molecule has 3 N–H and O–H groups in total. The first-order valence-electron chi connectivity index (χ1n) is 9.97. The number of carbonyl (C=O) groups excluding carboxylic acids is 2. The molecule has 0 aliphatic heterocycles. The van der Waals surface area contributed by atoms with Crippen LogP contribution < -0.4 is 10.9 Å². The zero-order chi connectivity index (χ0) is 23.5. The van der Waals surface area contributed by atoms with Gasteiger partial charge in [-0.05, 0) is 49.3 Å². The summed E-state index contributed by atoms with van der Waals surface area (Å²) >= 11 is 0. The minimum atomic E-state index is -1.86. The summed E-state index contributed by atoms with van der Waals surface area (Å²) in [5, 5.41) is 19.5. The Balaban J connectivity index is 2.46. The van der Waals surface area contributed by atoms with Crippen LogP contribution >= 0.6 is 0 Å². The highest BCUT2D eigenvalue weighted by Gasteiger charge is 2.35. The van der Waals surface area contributed by atoms with Crippen LogP contribution in [0.3, 0.4) is 0 Å². The van der Waals surface area contributed by atoms with E-state index in [1.165, 1.54) is 6.07 Å². The SMILES string of the molecule is CCC(N(NC(=O)c1ccc(B(O)O)cc1F)C(=O)c1nc(C)cc(C)n1)C(C)(C)C. The molecule has 166 valence electrons. The lowest BCUT2D eigenvalue weighted by atomic mass is 9.80. The van der Waals surface area contributed by atoms with E-state index in [1.807, 2.05) is 27.7 Å². The number of carbonyl (C=O) groups is 2. The Hall–Kier alpha value is -2.85. The lowest BCUT2D eigenvalue weighted by molar-refractivity contribution is 0.0273. The molecule has 1 aromatic heterocycles. The molecule has 8 nitrogen and oxygen atoms in total. The molecule has 0 aliphatic carbocycles. The van der Waals surface area contributed by atoms with Crippen LogP contribution in [0.15, 0.2) is 24.3 Å². The van der Waals surface area contributed by atoms with E-state index in [0.717, 1.165) is 17.1 Å². The number of aryl methyl sites for hydroxylation is 2. The van der Waals surface area contributed by atoms with Crippen LogP contribution in [0.4, 0.5) is 4.39 Å². The predicted molar refractivity (Wildman–Crippen MR) is 115 cm³/mol. The van der Waals surface area contributed by atoms with Gasteiger partial charge in [-0.2, -0.15) is 0 Å². The second-order valence-electron chi connectivity index (χ2n) is 8.49. The third-order valence-electron chi connectivity index (χ3n) is 4.85. The highest BCUT2D eigenvalue weighted by Crippen LogP contribution is 2.27. The maximum absolute atomic E-state index is 14.4. The van der Waals surface area contributed by atoms with E-state index in [2.05, 4.69) is 15.4 Å². The monoisotopic (exact) mass is 430 g/mol. The summed E-state index contributed by atoms with van der Waals surface area (Å²) in [5.41, 5.74) is 2.88. The summed E-state index contributed by atoms with van der Waals surface area (Å²) in [6, 6.07) is 4.51. The van der Waals surface area contributed by atoms with Crippen molar-refractivity contribution >= 4 is 24.4 Å². The third kappa shape index (κ3) is 5.86. The molecule has 2 rings (SSSR count). The first-order chi connectivity index (χ1) is 14.3. The number of hydrogen-bond acceptors (Lipinski definition) is 6. The van der Waals surface area contributed by atoms with Gasteiger partial charge in [0.2, 0.25) is 5.82 Å². The number of aromatic nitrogens is 2. The fraction of sp³-hybridized carbons (Fsp3) is 0.429. The van der Waals surface area contributed by atoms with Crippen LogP contribution in [-0.4, -0.2) is 50.0 Å². The van der Waals surface area contributed by atoms with E-state index in [9.17, 15) is 24.0 Å². The van der Waals surface area contributed by atoms with Crippen molar-refractivity contribution in [3.8, 4) is 0 Å². The van der Waals surface area contributed by atoms with Gasteiger partial charge in [0.05, 0.1) is 11.6 Å². The molecule has 1 heterocycles. The van der Waals surface area contributed by atoms with Crippen molar-refractivity contribution < 1.29 is 24.0 Å². The molecule has 1 aromatic carbocycles. The summed E-state index contributed by atoms with van der Waals surface area (Å²) in [7, 11) is -1.86. The smallest absolute Gasteiger partial charge is 0.423 e. The minimum absolute atomic E-state index is 0.0697. The van der Waals surface area contributed by atoms with Gasteiger partial charge >= 0.3 is 13.0 Å². The van der Waals surface area contributed by atoms with Crippen LogP contribution in [0.2, 0.25) is 0 Å². The first kappa shape index (κ1) is 24.4. The summed E-state index contributed by atoms with van der Waals surface area (Å²) in [4.78, 5) is 34.6. The Morgan fingerprint density at radius 1 is 1.16 bits per heavy atom. The number of amides is 2. The molecule has 10 heteroatoms. The molecule has 31 heavy (non-hydrogen) atoms. The Morgan fingerprint density at radius 3 is 2.19 bits per heavy atom. The van der Waals surface area contributed by atoms with E-state index in [4.69, 9.17) is 0 Å². The molecule has 0 saturated carbocycles. The van der Waals surface area contributed by atoms with Gasteiger partial charge in [-0.15, -0.1) is 0 Å². The van der Waals surface area contributed by atoms with E-state index < -0.39 is 36.2 Å². The van der Waals surface area contributed by atoms with Crippen LogP contribution in [-0.2, 0) is 0 Å². The largest absolute Gasteiger partial charge is 0.488 e. The summed E-state index contributed by atoms with van der Waals surface area (Å²) < 4.78 is 14.4. The third-order valence-corrected chi connectivity index (χ3v) is 4.85. The highest BCUT2D eigenvalue weighted by molar-refractivity contribution is 6.58. The van der Waals surface area contributed by atoms with E-state index in [0.29, 0.717) is 17.8 Å². The molecule has 0 bridgehead atoms.